The van der Waals surface area contributed by atoms with Crippen molar-refractivity contribution in [1.29, 1.82) is 0 Å². The molecule has 0 unspecified atom stereocenters. The smallest absolute Gasteiger partial charge is 0.351 e. The minimum absolute atomic E-state index is 0.650. The van der Waals surface area contributed by atoms with E-state index in [0.717, 1.165) is 0 Å². The molecule has 128 valence electrons. The Kier molecular flexibility index (Phi) is 4.91. The fourth-order valence-corrected chi connectivity index (χ4v) is 2.96. The maximum Gasteiger partial charge on any atom is 0.411 e. The minimum Gasteiger partial charge on any atom is -0.351 e. The molecule has 0 saturated heterocycles. The standard InChI is InChI=1S/C21H17F3O/c22-20(23,24)16-25-21(17-10-4-1-5-11-17,18-12-6-2-7-13-18)19-14-8-3-9-15-19/h1-15H,16H2. The predicted octanol–water partition coefficient (Wildman–Crippen LogP) is 5.56. The van der Waals surface area contributed by atoms with Crippen molar-refractivity contribution < 1.29 is 17.9 Å². The quantitative estimate of drug-likeness (QED) is 0.552. The molecule has 0 aliphatic heterocycles. The van der Waals surface area contributed by atoms with Gasteiger partial charge in [0, 0.05) is 0 Å². The van der Waals surface area contributed by atoms with E-state index in [1.165, 1.54) is 0 Å². The van der Waals surface area contributed by atoms with Crippen molar-refractivity contribution in [3.8, 4) is 0 Å². The Morgan fingerprint density at radius 3 is 1.16 bits per heavy atom. The first-order valence-corrected chi connectivity index (χ1v) is 7.90. The van der Waals surface area contributed by atoms with Gasteiger partial charge >= 0.3 is 6.18 Å². The second kappa shape index (κ2) is 7.11. The molecule has 0 bridgehead atoms. The Balaban J connectivity index is 2.24. The van der Waals surface area contributed by atoms with Gasteiger partial charge in [-0.25, -0.2) is 0 Å². The van der Waals surface area contributed by atoms with Gasteiger partial charge in [0.15, 0.2) is 0 Å². The van der Waals surface area contributed by atoms with Crippen LogP contribution in [0.4, 0.5) is 13.2 Å². The number of alkyl halides is 3. The molecule has 3 aromatic carbocycles. The topological polar surface area (TPSA) is 9.23 Å². The van der Waals surface area contributed by atoms with Crippen LogP contribution >= 0.6 is 0 Å². The third-order valence-electron chi connectivity index (χ3n) is 3.99. The molecule has 0 aromatic heterocycles. The van der Waals surface area contributed by atoms with Crippen LogP contribution in [-0.2, 0) is 10.3 Å². The number of hydrogen-bond acceptors (Lipinski definition) is 1. The lowest BCUT2D eigenvalue weighted by molar-refractivity contribution is -0.194. The Bertz CT molecular complexity index is 687. The molecule has 0 atom stereocenters. The lowest BCUT2D eigenvalue weighted by atomic mass is 9.80. The lowest BCUT2D eigenvalue weighted by Crippen LogP contribution is -2.36. The van der Waals surface area contributed by atoms with Crippen molar-refractivity contribution >= 4 is 0 Å². The van der Waals surface area contributed by atoms with Crippen molar-refractivity contribution in [2.75, 3.05) is 6.61 Å². The van der Waals surface area contributed by atoms with Crippen molar-refractivity contribution in [3.05, 3.63) is 108 Å². The number of rotatable bonds is 5. The van der Waals surface area contributed by atoms with Crippen LogP contribution < -0.4 is 0 Å². The summed E-state index contributed by atoms with van der Waals surface area (Å²) < 4.78 is 44.7. The zero-order chi connectivity index (χ0) is 17.8. The molecule has 1 nitrogen and oxygen atoms in total. The average molecular weight is 342 g/mol. The summed E-state index contributed by atoms with van der Waals surface area (Å²) in [5.74, 6) is 0. The van der Waals surface area contributed by atoms with E-state index in [2.05, 4.69) is 0 Å². The first-order valence-electron chi connectivity index (χ1n) is 7.90. The number of hydrogen-bond donors (Lipinski definition) is 0. The molecule has 0 fully saturated rings. The Morgan fingerprint density at radius 1 is 0.560 bits per heavy atom. The molecule has 3 rings (SSSR count). The number of halogens is 3. The summed E-state index contributed by atoms with van der Waals surface area (Å²) >= 11 is 0. The van der Waals surface area contributed by atoms with E-state index in [0.29, 0.717) is 16.7 Å². The average Bonchev–Trinajstić information content (AvgIpc) is 2.64. The van der Waals surface area contributed by atoms with Crippen LogP contribution in [0.5, 0.6) is 0 Å². The van der Waals surface area contributed by atoms with Crippen LogP contribution in [0.15, 0.2) is 91.0 Å². The van der Waals surface area contributed by atoms with Crippen molar-refractivity contribution in [2.24, 2.45) is 0 Å². The first-order chi connectivity index (χ1) is 12.0. The van der Waals surface area contributed by atoms with Gasteiger partial charge in [-0.2, -0.15) is 13.2 Å². The predicted molar refractivity (Wildman–Crippen MR) is 91.2 cm³/mol. The molecule has 0 aliphatic rings. The third-order valence-corrected chi connectivity index (χ3v) is 3.99. The normalized spacial score (nSPS) is 12.1. The highest BCUT2D eigenvalue weighted by molar-refractivity contribution is 5.47. The van der Waals surface area contributed by atoms with E-state index in [9.17, 15) is 13.2 Å². The molecular formula is C21H17F3O. The Labute approximate surface area is 144 Å². The summed E-state index contributed by atoms with van der Waals surface area (Å²) in [6.07, 6.45) is -4.43. The monoisotopic (exact) mass is 342 g/mol. The van der Waals surface area contributed by atoms with Crippen LogP contribution in [0, 0.1) is 0 Å². The fraction of sp³-hybridized carbons (Fsp3) is 0.143. The summed E-state index contributed by atoms with van der Waals surface area (Å²) in [4.78, 5) is 0. The van der Waals surface area contributed by atoms with Gasteiger partial charge in [-0.15, -0.1) is 0 Å². The van der Waals surface area contributed by atoms with E-state index >= 15 is 0 Å². The van der Waals surface area contributed by atoms with Crippen LogP contribution in [0.3, 0.4) is 0 Å². The lowest BCUT2D eigenvalue weighted by Gasteiger charge is -2.36. The molecule has 0 N–H and O–H groups in total. The highest BCUT2D eigenvalue weighted by atomic mass is 19.4. The molecule has 0 spiro atoms. The van der Waals surface area contributed by atoms with Crippen LogP contribution in [-0.4, -0.2) is 12.8 Å². The summed E-state index contributed by atoms with van der Waals surface area (Å²) in [5.41, 5.74) is 0.615. The molecule has 0 saturated carbocycles. The Hall–Kier alpha value is -2.59. The van der Waals surface area contributed by atoms with Gasteiger partial charge in [-0.1, -0.05) is 91.0 Å². The highest BCUT2D eigenvalue weighted by Crippen LogP contribution is 2.41. The van der Waals surface area contributed by atoms with Gasteiger partial charge in [0.2, 0.25) is 0 Å². The summed E-state index contributed by atoms with van der Waals surface area (Å²) in [6.45, 7) is -1.34. The van der Waals surface area contributed by atoms with Crippen molar-refractivity contribution in [3.63, 3.8) is 0 Å². The van der Waals surface area contributed by atoms with E-state index in [4.69, 9.17) is 4.74 Å². The molecule has 0 aliphatic carbocycles. The first kappa shape index (κ1) is 17.2. The summed E-state index contributed by atoms with van der Waals surface area (Å²) in [5, 5.41) is 0. The molecule has 0 heterocycles. The van der Waals surface area contributed by atoms with Crippen LogP contribution in [0.2, 0.25) is 0 Å². The second-order valence-corrected chi connectivity index (χ2v) is 5.68. The largest absolute Gasteiger partial charge is 0.411 e. The van der Waals surface area contributed by atoms with Crippen molar-refractivity contribution in [2.45, 2.75) is 11.8 Å². The molecule has 3 aromatic rings. The fourth-order valence-electron chi connectivity index (χ4n) is 2.96. The second-order valence-electron chi connectivity index (χ2n) is 5.68. The van der Waals surface area contributed by atoms with Gasteiger partial charge in [0.25, 0.3) is 0 Å². The van der Waals surface area contributed by atoms with Crippen LogP contribution in [0.1, 0.15) is 16.7 Å². The third kappa shape index (κ3) is 3.74. The van der Waals surface area contributed by atoms with Gasteiger partial charge in [0.1, 0.15) is 12.2 Å². The molecule has 0 radical (unpaired) electrons. The van der Waals surface area contributed by atoms with Gasteiger partial charge in [0.05, 0.1) is 0 Å². The maximum atomic E-state index is 13.0. The zero-order valence-electron chi connectivity index (χ0n) is 13.4. The molecular weight excluding hydrogens is 325 g/mol. The SMILES string of the molecule is FC(F)(F)COC(c1ccccc1)(c1ccccc1)c1ccccc1. The number of benzene rings is 3. The van der Waals surface area contributed by atoms with Gasteiger partial charge in [-0.05, 0) is 16.7 Å². The van der Waals surface area contributed by atoms with E-state index in [1.54, 1.807) is 72.8 Å². The minimum atomic E-state index is -4.43. The highest BCUT2D eigenvalue weighted by Gasteiger charge is 2.41. The van der Waals surface area contributed by atoms with E-state index in [-0.39, 0.29) is 0 Å². The Morgan fingerprint density at radius 2 is 0.880 bits per heavy atom. The van der Waals surface area contributed by atoms with Crippen LogP contribution in [0.25, 0.3) is 0 Å². The van der Waals surface area contributed by atoms with Gasteiger partial charge < -0.3 is 4.74 Å². The summed E-state index contributed by atoms with van der Waals surface area (Å²) in [7, 11) is 0. The molecule has 25 heavy (non-hydrogen) atoms. The van der Waals surface area contributed by atoms with E-state index in [1.807, 2.05) is 18.2 Å². The zero-order valence-corrected chi connectivity index (χ0v) is 13.4. The van der Waals surface area contributed by atoms with E-state index < -0.39 is 18.4 Å². The number of ether oxygens (including phenoxy) is 1. The maximum absolute atomic E-state index is 13.0. The summed E-state index contributed by atoms with van der Waals surface area (Å²) in [6, 6.07) is 27.0. The molecule has 4 heteroatoms. The van der Waals surface area contributed by atoms with Gasteiger partial charge in [-0.3, -0.25) is 0 Å². The molecule has 0 amide bonds. The van der Waals surface area contributed by atoms with Crippen molar-refractivity contribution in [1.82, 2.24) is 0 Å².